The quantitative estimate of drug-likeness (QED) is 0.552. The highest BCUT2D eigenvalue weighted by Gasteiger charge is 2.36. The molecule has 2 aromatic carbocycles. The van der Waals surface area contributed by atoms with E-state index in [1.807, 2.05) is 0 Å². The Morgan fingerprint density at radius 3 is 2.66 bits per heavy atom. The largest absolute Gasteiger partial charge is 0.370 e. The molecule has 2 aliphatic rings. The number of pyridine rings is 1. The van der Waals surface area contributed by atoms with Gasteiger partial charge in [-0.15, -0.1) is 0 Å². The fourth-order valence-electron chi connectivity index (χ4n) is 4.62. The van der Waals surface area contributed by atoms with Crippen LogP contribution in [0.2, 0.25) is 10.0 Å². The van der Waals surface area contributed by atoms with Crippen molar-refractivity contribution in [2.75, 3.05) is 32.8 Å². The molecule has 6 nitrogen and oxygen atoms in total. The molecule has 182 valence electrons. The van der Waals surface area contributed by atoms with Gasteiger partial charge in [0.15, 0.2) is 0 Å². The summed E-state index contributed by atoms with van der Waals surface area (Å²) >= 11 is 12.5. The Kier molecular flexibility index (Phi) is 6.63. The molecule has 0 unspecified atom stereocenters. The number of hydrogen-bond acceptors (Lipinski definition) is 4. The highest BCUT2D eigenvalue weighted by molar-refractivity contribution is 6.36. The Balaban J connectivity index is 1.32. The predicted octanol–water partition coefficient (Wildman–Crippen LogP) is 4.52. The summed E-state index contributed by atoms with van der Waals surface area (Å²) in [6.07, 6.45) is 1.19. The number of carbonyl (C=O) groups excluding carboxylic acids is 1. The van der Waals surface area contributed by atoms with E-state index in [1.165, 1.54) is 24.4 Å². The van der Waals surface area contributed by atoms with Crippen LogP contribution in [0.1, 0.15) is 22.0 Å². The maximum atomic E-state index is 14.5. The second-order valence-corrected chi connectivity index (χ2v) is 9.44. The summed E-state index contributed by atoms with van der Waals surface area (Å²) < 4.78 is 34.0. The van der Waals surface area contributed by atoms with Gasteiger partial charge in [-0.2, -0.15) is 0 Å². The van der Waals surface area contributed by atoms with Crippen molar-refractivity contribution < 1.29 is 18.3 Å². The zero-order valence-electron chi connectivity index (χ0n) is 18.4. The van der Waals surface area contributed by atoms with Gasteiger partial charge in [-0.3, -0.25) is 14.5 Å². The monoisotopic (exact) mass is 519 g/mol. The van der Waals surface area contributed by atoms with Gasteiger partial charge in [0, 0.05) is 44.0 Å². The van der Waals surface area contributed by atoms with Crippen molar-refractivity contribution in [1.29, 1.82) is 0 Å². The van der Waals surface area contributed by atoms with Gasteiger partial charge in [0.1, 0.15) is 11.6 Å². The smallest absolute Gasteiger partial charge is 0.255 e. The molecule has 1 amide bonds. The summed E-state index contributed by atoms with van der Waals surface area (Å²) in [6, 6.07) is 9.76. The second-order valence-electron chi connectivity index (χ2n) is 8.65. The van der Waals surface area contributed by atoms with E-state index in [2.05, 4.69) is 9.88 Å². The molecular weight excluding hydrogens is 499 g/mol. The lowest BCUT2D eigenvalue weighted by atomic mass is 10.0. The maximum absolute atomic E-state index is 14.5. The number of hydrogen-bond donors (Lipinski definition) is 1. The lowest BCUT2D eigenvalue weighted by Gasteiger charge is -2.46. The van der Waals surface area contributed by atoms with Crippen LogP contribution in [-0.2, 0) is 4.74 Å². The molecule has 0 radical (unpaired) electrons. The lowest BCUT2D eigenvalue weighted by Crippen LogP contribution is -2.59. The SMILES string of the molecule is O=C(c1cc(F)cc(-c2cc[nH]c(=O)c2)c1Cl)N1CCN2C[C@@H](c3ccc(F)c(Cl)c3)OC[C@@H]2C1. The maximum Gasteiger partial charge on any atom is 0.255 e. The van der Waals surface area contributed by atoms with Crippen molar-refractivity contribution in [1.82, 2.24) is 14.8 Å². The number of aromatic nitrogens is 1. The summed E-state index contributed by atoms with van der Waals surface area (Å²) in [5.41, 5.74) is 1.19. The first-order valence-electron chi connectivity index (χ1n) is 11.1. The molecular formula is C25H21Cl2F2N3O3. The fraction of sp³-hybridized carbons (Fsp3) is 0.280. The summed E-state index contributed by atoms with van der Waals surface area (Å²) in [7, 11) is 0. The van der Waals surface area contributed by atoms with Crippen molar-refractivity contribution >= 4 is 29.1 Å². The fourth-order valence-corrected chi connectivity index (χ4v) is 5.11. The van der Waals surface area contributed by atoms with Crippen LogP contribution in [0.15, 0.2) is 53.5 Å². The predicted molar refractivity (Wildman–Crippen MR) is 129 cm³/mol. The summed E-state index contributed by atoms with van der Waals surface area (Å²) in [5.74, 6) is -1.48. The van der Waals surface area contributed by atoms with Gasteiger partial charge in [0.25, 0.3) is 5.91 Å². The molecule has 3 heterocycles. The number of ether oxygens (including phenoxy) is 1. The van der Waals surface area contributed by atoms with Gasteiger partial charge in [0.2, 0.25) is 5.56 Å². The van der Waals surface area contributed by atoms with E-state index in [0.29, 0.717) is 38.3 Å². The van der Waals surface area contributed by atoms with Gasteiger partial charge >= 0.3 is 0 Å². The van der Waals surface area contributed by atoms with E-state index in [1.54, 1.807) is 23.1 Å². The molecule has 5 rings (SSSR count). The minimum atomic E-state index is -0.617. The zero-order chi connectivity index (χ0) is 24.7. The van der Waals surface area contributed by atoms with Gasteiger partial charge in [-0.05, 0) is 41.5 Å². The van der Waals surface area contributed by atoms with Gasteiger partial charge in [-0.25, -0.2) is 8.78 Å². The second kappa shape index (κ2) is 9.70. The number of aromatic amines is 1. The molecule has 10 heteroatoms. The van der Waals surface area contributed by atoms with Gasteiger partial charge < -0.3 is 14.6 Å². The van der Waals surface area contributed by atoms with Crippen molar-refractivity contribution in [3.8, 4) is 11.1 Å². The van der Waals surface area contributed by atoms with Crippen LogP contribution < -0.4 is 5.56 Å². The number of H-pyrrole nitrogens is 1. The first kappa shape index (κ1) is 23.9. The molecule has 2 saturated heterocycles. The number of nitrogens with one attached hydrogen (secondary N) is 1. The Bertz CT molecular complexity index is 1350. The Hall–Kier alpha value is -2.78. The molecule has 0 aliphatic carbocycles. The third-order valence-electron chi connectivity index (χ3n) is 6.45. The third-order valence-corrected chi connectivity index (χ3v) is 7.15. The number of nitrogens with zero attached hydrogens (tertiary/aromatic N) is 2. The number of fused-ring (bicyclic) bond motifs is 1. The zero-order valence-corrected chi connectivity index (χ0v) is 20.0. The molecule has 0 saturated carbocycles. The molecule has 35 heavy (non-hydrogen) atoms. The van der Waals surface area contributed by atoms with Crippen molar-refractivity contribution in [2.45, 2.75) is 12.1 Å². The molecule has 1 aromatic heterocycles. The van der Waals surface area contributed by atoms with E-state index < -0.39 is 11.6 Å². The molecule has 2 aliphatic heterocycles. The van der Waals surface area contributed by atoms with E-state index in [9.17, 15) is 18.4 Å². The topological polar surface area (TPSA) is 65.6 Å². The average Bonchev–Trinajstić information content (AvgIpc) is 2.85. The Morgan fingerprint density at radius 2 is 1.89 bits per heavy atom. The number of rotatable bonds is 3. The highest BCUT2D eigenvalue weighted by Crippen LogP contribution is 2.33. The van der Waals surface area contributed by atoms with Crippen LogP contribution in [0.5, 0.6) is 0 Å². The van der Waals surface area contributed by atoms with Gasteiger partial charge in [-0.1, -0.05) is 29.3 Å². The van der Waals surface area contributed by atoms with E-state index >= 15 is 0 Å². The van der Waals surface area contributed by atoms with E-state index in [-0.39, 0.29) is 44.8 Å². The van der Waals surface area contributed by atoms with E-state index in [0.717, 1.165) is 11.6 Å². The van der Waals surface area contributed by atoms with Crippen LogP contribution >= 0.6 is 23.2 Å². The first-order chi connectivity index (χ1) is 16.8. The minimum Gasteiger partial charge on any atom is -0.370 e. The van der Waals surface area contributed by atoms with Crippen LogP contribution in [-0.4, -0.2) is 59.5 Å². The molecule has 1 N–H and O–H groups in total. The Labute approximate surface area is 210 Å². The standard InChI is InChI=1S/C25H21Cl2F2N3O3/c26-20-7-15(1-2-21(20)29)22-12-31-5-6-32(11-17(31)13-35-22)25(34)19-10-16(28)9-18(24(19)27)14-3-4-30-23(33)8-14/h1-4,7-10,17,22H,5-6,11-13H2,(H,30,33)/t17-,22-/m0/s1. The van der Waals surface area contributed by atoms with Crippen LogP contribution in [0.25, 0.3) is 11.1 Å². The van der Waals surface area contributed by atoms with Crippen molar-refractivity contribution in [3.05, 3.63) is 91.8 Å². The van der Waals surface area contributed by atoms with Crippen LogP contribution in [0, 0.1) is 11.6 Å². The lowest BCUT2D eigenvalue weighted by molar-refractivity contribution is -0.0858. The number of benzene rings is 2. The highest BCUT2D eigenvalue weighted by atomic mass is 35.5. The minimum absolute atomic E-state index is 0.0423. The summed E-state index contributed by atoms with van der Waals surface area (Å²) in [6.45, 7) is 2.38. The number of amides is 1. The molecule has 3 aromatic rings. The summed E-state index contributed by atoms with van der Waals surface area (Å²) in [4.78, 5) is 31.4. The van der Waals surface area contributed by atoms with Gasteiger partial charge in [0.05, 0.1) is 34.4 Å². The normalized spacial score (nSPS) is 20.5. The van der Waals surface area contributed by atoms with E-state index in [4.69, 9.17) is 27.9 Å². The molecule has 0 bridgehead atoms. The molecule has 2 atom stereocenters. The average molecular weight is 520 g/mol. The third kappa shape index (κ3) is 4.84. The molecule has 2 fully saturated rings. The number of carbonyl (C=O) groups is 1. The number of morpholine rings is 1. The molecule has 0 spiro atoms. The number of halogens is 4. The number of piperazine rings is 1. The van der Waals surface area contributed by atoms with Crippen LogP contribution in [0.3, 0.4) is 0 Å². The van der Waals surface area contributed by atoms with Crippen molar-refractivity contribution in [2.24, 2.45) is 0 Å². The Morgan fingerprint density at radius 1 is 1.06 bits per heavy atom. The first-order valence-corrected chi connectivity index (χ1v) is 11.8. The summed E-state index contributed by atoms with van der Waals surface area (Å²) in [5, 5.41) is 0.146. The van der Waals surface area contributed by atoms with Crippen molar-refractivity contribution in [3.63, 3.8) is 0 Å². The van der Waals surface area contributed by atoms with Crippen LogP contribution in [0.4, 0.5) is 8.78 Å².